The van der Waals surface area contributed by atoms with Crippen molar-refractivity contribution in [3.8, 4) is 0 Å². The molecule has 0 atom stereocenters. The Labute approximate surface area is 119 Å². The van der Waals surface area contributed by atoms with Gasteiger partial charge in [0.2, 0.25) is 0 Å². The van der Waals surface area contributed by atoms with E-state index in [1.54, 1.807) is 29.5 Å². The first-order valence-electron chi connectivity index (χ1n) is 6.10. The maximum Gasteiger partial charge on any atom is 0.335 e. The molecule has 0 aliphatic heterocycles. The average Bonchev–Trinajstić information content (AvgIpc) is 2.83. The first kappa shape index (κ1) is 12.6. The van der Waals surface area contributed by atoms with Crippen molar-refractivity contribution >= 4 is 38.3 Å². The molecule has 0 fully saturated rings. The van der Waals surface area contributed by atoms with Crippen LogP contribution in [0.3, 0.4) is 0 Å². The van der Waals surface area contributed by atoms with E-state index in [0.29, 0.717) is 0 Å². The number of anilines is 2. The van der Waals surface area contributed by atoms with E-state index in [1.165, 1.54) is 0 Å². The van der Waals surface area contributed by atoms with Crippen molar-refractivity contribution < 1.29 is 9.90 Å². The number of nitrogens with zero attached hydrogens (tertiary/aromatic N) is 1. The first-order chi connectivity index (χ1) is 9.63. The molecule has 0 saturated heterocycles. The summed E-state index contributed by atoms with van der Waals surface area (Å²) in [5, 5.41) is 13.0. The maximum absolute atomic E-state index is 11.0. The number of hydrogen-bond acceptors (Lipinski definition) is 4. The highest BCUT2D eigenvalue weighted by Crippen LogP contribution is 2.29. The Hall–Kier alpha value is -2.40. The number of rotatable bonds is 3. The Balaban J connectivity index is 1.97. The highest BCUT2D eigenvalue weighted by atomic mass is 32.1. The number of para-hydroxylation sites is 1. The molecule has 0 aliphatic rings. The third-order valence-corrected chi connectivity index (χ3v) is 3.97. The molecule has 0 aliphatic carbocycles. The Kier molecular flexibility index (Phi) is 3.12. The van der Waals surface area contributed by atoms with Crippen LogP contribution in [0.2, 0.25) is 0 Å². The topological polar surface area (TPSA) is 62.2 Å². The lowest BCUT2D eigenvalue weighted by Crippen LogP contribution is -1.99. The van der Waals surface area contributed by atoms with Gasteiger partial charge in [0.1, 0.15) is 0 Å². The van der Waals surface area contributed by atoms with Crippen LogP contribution < -0.4 is 5.32 Å². The second kappa shape index (κ2) is 4.94. The Bertz CT molecular complexity index is 762. The van der Waals surface area contributed by atoms with E-state index in [-0.39, 0.29) is 5.56 Å². The summed E-state index contributed by atoms with van der Waals surface area (Å²) >= 11 is 1.55. The van der Waals surface area contributed by atoms with E-state index in [9.17, 15) is 4.79 Å². The van der Waals surface area contributed by atoms with E-state index < -0.39 is 5.97 Å². The van der Waals surface area contributed by atoms with Gasteiger partial charge in [0.05, 0.1) is 15.8 Å². The van der Waals surface area contributed by atoms with Gasteiger partial charge in [-0.1, -0.05) is 29.5 Å². The predicted molar refractivity (Wildman–Crippen MR) is 81.0 cm³/mol. The number of thiazole rings is 1. The number of carbonyl (C=O) groups is 1. The molecule has 0 unspecified atom stereocenters. The summed E-state index contributed by atoms with van der Waals surface area (Å²) in [5.74, 6) is -0.933. The standard InChI is InChI=1S/C15H12N2O2S/c1-9-6-7-10(14(18)19)8-12(9)17-15-16-11-4-2-3-5-13(11)20-15/h2-8H,1H3,(H,16,17)(H,18,19). The van der Waals surface area contributed by atoms with Gasteiger partial charge in [-0.25, -0.2) is 9.78 Å². The van der Waals surface area contributed by atoms with Crippen LogP contribution in [0.5, 0.6) is 0 Å². The molecular formula is C15H12N2O2S. The summed E-state index contributed by atoms with van der Waals surface area (Å²) in [6.45, 7) is 1.93. The van der Waals surface area contributed by atoms with Crippen molar-refractivity contribution in [2.75, 3.05) is 5.32 Å². The number of fused-ring (bicyclic) bond motifs is 1. The molecular weight excluding hydrogens is 272 g/mol. The minimum absolute atomic E-state index is 0.263. The van der Waals surface area contributed by atoms with Gasteiger partial charge in [0.15, 0.2) is 5.13 Å². The first-order valence-corrected chi connectivity index (χ1v) is 6.92. The number of carboxylic acids is 1. The normalized spacial score (nSPS) is 10.7. The quantitative estimate of drug-likeness (QED) is 0.761. The summed E-state index contributed by atoms with van der Waals surface area (Å²) in [7, 11) is 0. The fraction of sp³-hybridized carbons (Fsp3) is 0.0667. The van der Waals surface area contributed by atoms with Crippen LogP contribution in [0.1, 0.15) is 15.9 Å². The van der Waals surface area contributed by atoms with Crippen LogP contribution in [-0.2, 0) is 0 Å². The van der Waals surface area contributed by atoms with Crippen LogP contribution in [0.25, 0.3) is 10.2 Å². The number of benzene rings is 2. The van der Waals surface area contributed by atoms with Crippen molar-refractivity contribution in [2.45, 2.75) is 6.92 Å². The van der Waals surface area contributed by atoms with Crippen molar-refractivity contribution in [1.82, 2.24) is 4.98 Å². The number of aromatic carboxylic acids is 1. The van der Waals surface area contributed by atoms with Gasteiger partial charge in [-0.3, -0.25) is 0 Å². The summed E-state index contributed by atoms with van der Waals surface area (Å²) in [4.78, 5) is 15.5. The molecule has 0 radical (unpaired) electrons. The molecule has 2 N–H and O–H groups in total. The summed E-state index contributed by atoms with van der Waals surface area (Å²) < 4.78 is 1.10. The number of hydrogen-bond donors (Lipinski definition) is 2. The Morgan fingerprint density at radius 1 is 1.25 bits per heavy atom. The van der Waals surface area contributed by atoms with Gasteiger partial charge >= 0.3 is 5.97 Å². The molecule has 2 aromatic carbocycles. The molecule has 1 aromatic heterocycles. The summed E-state index contributed by atoms with van der Waals surface area (Å²) in [6, 6.07) is 12.9. The molecule has 0 bridgehead atoms. The smallest absolute Gasteiger partial charge is 0.335 e. The highest BCUT2D eigenvalue weighted by molar-refractivity contribution is 7.22. The third-order valence-electron chi connectivity index (χ3n) is 3.02. The van der Waals surface area contributed by atoms with Crippen LogP contribution >= 0.6 is 11.3 Å². The van der Waals surface area contributed by atoms with E-state index in [2.05, 4.69) is 10.3 Å². The van der Waals surface area contributed by atoms with Crippen molar-refractivity contribution in [1.29, 1.82) is 0 Å². The Morgan fingerprint density at radius 2 is 2.05 bits per heavy atom. The lowest BCUT2D eigenvalue weighted by Gasteiger charge is -2.07. The van der Waals surface area contributed by atoms with E-state index in [1.807, 2.05) is 31.2 Å². The molecule has 3 aromatic rings. The zero-order chi connectivity index (χ0) is 14.1. The van der Waals surface area contributed by atoms with Gasteiger partial charge in [-0.2, -0.15) is 0 Å². The predicted octanol–water partition coefficient (Wildman–Crippen LogP) is 4.05. The monoisotopic (exact) mass is 284 g/mol. The van der Waals surface area contributed by atoms with Gasteiger partial charge in [-0.05, 0) is 36.8 Å². The SMILES string of the molecule is Cc1ccc(C(=O)O)cc1Nc1nc2ccccc2s1. The highest BCUT2D eigenvalue weighted by Gasteiger charge is 2.08. The van der Waals surface area contributed by atoms with Crippen molar-refractivity contribution in [3.63, 3.8) is 0 Å². The minimum Gasteiger partial charge on any atom is -0.478 e. The van der Waals surface area contributed by atoms with E-state index >= 15 is 0 Å². The molecule has 100 valence electrons. The van der Waals surface area contributed by atoms with E-state index in [4.69, 9.17) is 5.11 Å². The van der Waals surface area contributed by atoms with Gasteiger partial charge in [0.25, 0.3) is 0 Å². The average molecular weight is 284 g/mol. The van der Waals surface area contributed by atoms with E-state index in [0.717, 1.165) is 26.6 Å². The van der Waals surface area contributed by atoms with Crippen LogP contribution in [0.15, 0.2) is 42.5 Å². The molecule has 0 saturated carbocycles. The second-order valence-electron chi connectivity index (χ2n) is 4.45. The van der Waals surface area contributed by atoms with Gasteiger partial charge in [-0.15, -0.1) is 0 Å². The van der Waals surface area contributed by atoms with Crippen LogP contribution in [-0.4, -0.2) is 16.1 Å². The molecule has 0 spiro atoms. The maximum atomic E-state index is 11.0. The zero-order valence-electron chi connectivity index (χ0n) is 10.8. The largest absolute Gasteiger partial charge is 0.478 e. The summed E-state index contributed by atoms with van der Waals surface area (Å²) in [6.07, 6.45) is 0. The fourth-order valence-electron chi connectivity index (χ4n) is 1.93. The lowest BCUT2D eigenvalue weighted by molar-refractivity contribution is 0.0697. The van der Waals surface area contributed by atoms with Gasteiger partial charge < -0.3 is 10.4 Å². The summed E-state index contributed by atoms with van der Waals surface area (Å²) in [5.41, 5.74) is 2.95. The van der Waals surface area contributed by atoms with Gasteiger partial charge in [0, 0.05) is 5.69 Å². The number of carboxylic acid groups (broad SMARTS) is 1. The van der Waals surface area contributed by atoms with Crippen molar-refractivity contribution in [2.24, 2.45) is 0 Å². The fourth-order valence-corrected chi connectivity index (χ4v) is 2.81. The van der Waals surface area contributed by atoms with Crippen LogP contribution in [0, 0.1) is 6.92 Å². The second-order valence-corrected chi connectivity index (χ2v) is 5.48. The molecule has 3 rings (SSSR count). The molecule has 1 heterocycles. The number of nitrogens with one attached hydrogen (secondary N) is 1. The van der Waals surface area contributed by atoms with Crippen molar-refractivity contribution in [3.05, 3.63) is 53.6 Å². The lowest BCUT2D eigenvalue weighted by atomic mass is 10.1. The number of aryl methyl sites for hydroxylation is 1. The van der Waals surface area contributed by atoms with Crippen LogP contribution in [0.4, 0.5) is 10.8 Å². The molecule has 0 amide bonds. The molecule has 5 heteroatoms. The molecule has 20 heavy (non-hydrogen) atoms. The minimum atomic E-state index is -0.933. The molecule has 4 nitrogen and oxygen atoms in total. The number of aromatic nitrogens is 1. The third kappa shape index (κ3) is 2.35. The zero-order valence-corrected chi connectivity index (χ0v) is 11.6. The Morgan fingerprint density at radius 3 is 2.80 bits per heavy atom.